The molecule has 0 saturated carbocycles. The molecule has 0 radical (unpaired) electrons. The number of hydrogen-bond donors (Lipinski definition) is 1. The quantitative estimate of drug-likeness (QED) is 0.694. The van der Waals surface area contributed by atoms with Crippen molar-refractivity contribution in [1.29, 1.82) is 0 Å². The molecule has 2 unspecified atom stereocenters. The van der Waals surface area contributed by atoms with Crippen molar-refractivity contribution < 1.29 is 4.74 Å². The van der Waals surface area contributed by atoms with E-state index in [1.165, 1.54) is 6.42 Å². The van der Waals surface area contributed by atoms with E-state index in [0.717, 1.165) is 31.6 Å². The Bertz CT molecular complexity index is 119. The average Bonchev–Trinajstić information content (AvgIpc) is 2.51. The number of nitrogens with one attached hydrogen (secondary N) is 1. The normalized spacial score (nSPS) is 26.5. The van der Waals surface area contributed by atoms with Crippen LogP contribution in [0.1, 0.15) is 27.2 Å². The van der Waals surface area contributed by atoms with Crippen LogP contribution in [-0.2, 0) is 4.74 Å². The van der Waals surface area contributed by atoms with Crippen molar-refractivity contribution in [3.63, 3.8) is 0 Å². The summed E-state index contributed by atoms with van der Waals surface area (Å²) < 4.78 is 5.36. The monoisotopic (exact) mass is 171 g/mol. The van der Waals surface area contributed by atoms with Crippen LogP contribution in [0.25, 0.3) is 0 Å². The zero-order valence-electron chi connectivity index (χ0n) is 8.47. The summed E-state index contributed by atoms with van der Waals surface area (Å²) in [5.41, 5.74) is 0. The zero-order valence-corrected chi connectivity index (χ0v) is 8.47. The van der Waals surface area contributed by atoms with Gasteiger partial charge in [-0.05, 0) is 24.8 Å². The van der Waals surface area contributed by atoms with Gasteiger partial charge in [-0.3, -0.25) is 0 Å². The molecular formula is C10H21NO. The summed E-state index contributed by atoms with van der Waals surface area (Å²) in [4.78, 5) is 0. The Balaban J connectivity index is 2.13. The summed E-state index contributed by atoms with van der Waals surface area (Å²) in [5, 5.41) is 3.47. The molecule has 1 heterocycles. The topological polar surface area (TPSA) is 21.3 Å². The van der Waals surface area contributed by atoms with Crippen LogP contribution in [-0.4, -0.2) is 25.8 Å². The average molecular weight is 171 g/mol. The molecule has 1 aliphatic heterocycles. The van der Waals surface area contributed by atoms with E-state index in [1.807, 2.05) is 0 Å². The van der Waals surface area contributed by atoms with E-state index in [4.69, 9.17) is 4.74 Å². The van der Waals surface area contributed by atoms with Crippen LogP contribution < -0.4 is 5.32 Å². The minimum atomic E-state index is 0.606. The molecule has 2 nitrogen and oxygen atoms in total. The van der Waals surface area contributed by atoms with Crippen molar-refractivity contribution >= 4 is 0 Å². The predicted molar refractivity (Wildman–Crippen MR) is 51.2 cm³/mol. The molecule has 1 rings (SSSR count). The molecule has 1 fully saturated rings. The second-order valence-electron chi connectivity index (χ2n) is 4.16. The fourth-order valence-corrected chi connectivity index (χ4v) is 1.59. The lowest BCUT2D eigenvalue weighted by atomic mass is 9.93. The molecule has 0 aromatic heterocycles. The first-order valence-corrected chi connectivity index (χ1v) is 5.01. The molecule has 12 heavy (non-hydrogen) atoms. The van der Waals surface area contributed by atoms with Crippen LogP contribution in [0.2, 0.25) is 0 Å². The van der Waals surface area contributed by atoms with Crippen molar-refractivity contribution in [2.75, 3.05) is 19.8 Å². The maximum atomic E-state index is 5.36. The van der Waals surface area contributed by atoms with Gasteiger partial charge in [0.25, 0.3) is 0 Å². The van der Waals surface area contributed by atoms with Crippen molar-refractivity contribution in [2.24, 2.45) is 11.8 Å². The number of hydrogen-bond acceptors (Lipinski definition) is 2. The van der Waals surface area contributed by atoms with Crippen LogP contribution in [0.15, 0.2) is 0 Å². The molecule has 72 valence electrons. The van der Waals surface area contributed by atoms with Crippen molar-refractivity contribution in [2.45, 2.75) is 33.2 Å². The largest absolute Gasteiger partial charge is 0.381 e. The number of rotatable bonds is 4. The SMILES string of the molecule is CC(C)NCC(C)C1CCOC1. The van der Waals surface area contributed by atoms with Gasteiger partial charge in [-0.25, -0.2) is 0 Å². The van der Waals surface area contributed by atoms with Gasteiger partial charge in [0.2, 0.25) is 0 Å². The third-order valence-corrected chi connectivity index (χ3v) is 2.62. The second-order valence-corrected chi connectivity index (χ2v) is 4.16. The Hall–Kier alpha value is -0.0800. The van der Waals surface area contributed by atoms with Crippen LogP contribution in [0, 0.1) is 11.8 Å². The molecule has 0 aliphatic carbocycles. The molecule has 0 bridgehead atoms. The van der Waals surface area contributed by atoms with Gasteiger partial charge in [0, 0.05) is 19.3 Å². The first-order valence-electron chi connectivity index (χ1n) is 5.01. The summed E-state index contributed by atoms with van der Waals surface area (Å²) in [6, 6.07) is 0.606. The van der Waals surface area contributed by atoms with Gasteiger partial charge in [0.05, 0.1) is 0 Å². The highest BCUT2D eigenvalue weighted by Crippen LogP contribution is 2.20. The molecule has 1 saturated heterocycles. The smallest absolute Gasteiger partial charge is 0.0498 e. The third kappa shape index (κ3) is 3.11. The summed E-state index contributed by atoms with van der Waals surface area (Å²) in [5.74, 6) is 1.55. The summed E-state index contributed by atoms with van der Waals surface area (Å²) in [6.07, 6.45) is 1.25. The Kier molecular flexibility index (Phi) is 4.02. The summed E-state index contributed by atoms with van der Waals surface area (Å²) in [6.45, 7) is 9.77. The lowest BCUT2D eigenvalue weighted by Crippen LogP contribution is -2.31. The molecule has 0 amide bonds. The minimum absolute atomic E-state index is 0.606. The van der Waals surface area contributed by atoms with Crippen LogP contribution in [0.5, 0.6) is 0 Å². The van der Waals surface area contributed by atoms with Gasteiger partial charge < -0.3 is 10.1 Å². The highest BCUT2D eigenvalue weighted by Gasteiger charge is 2.21. The first kappa shape index (κ1) is 10.0. The Morgan fingerprint density at radius 2 is 2.17 bits per heavy atom. The van der Waals surface area contributed by atoms with E-state index in [0.29, 0.717) is 6.04 Å². The van der Waals surface area contributed by atoms with Gasteiger partial charge in [0.15, 0.2) is 0 Å². The van der Waals surface area contributed by atoms with Crippen molar-refractivity contribution in [1.82, 2.24) is 5.32 Å². The fraction of sp³-hybridized carbons (Fsp3) is 1.00. The van der Waals surface area contributed by atoms with Crippen molar-refractivity contribution in [3.8, 4) is 0 Å². The van der Waals surface area contributed by atoms with Gasteiger partial charge in [-0.15, -0.1) is 0 Å². The molecule has 0 spiro atoms. The highest BCUT2D eigenvalue weighted by molar-refractivity contribution is 4.72. The Morgan fingerprint density at radius 3 is 2.67 bits per heavy atom. The van der Waals surface area contributed by atoms with E-state index in [-0.39, 0.29) is 0 Å². The Labute approximate surface area is 75.7 Å². The van der Waals surface area contributed by atoms with E-state index in [2.05, 4.69) is 26.1 Å². The van der Waals surface area contributed by atoms with Crippen molar-refractivity contribution in [3.05, 3.63) is 0 Å². The third-order valence-electron chi connectivity index (χ3n) is 2.62. The van der Waals surface area contributed by atoms with E-state index in [1.54, 1.807) is 0 Å². The zero-order chi connectivity index (χ0) is 8.97. The van der Waals surface area contributed by atoms with Gasteiger partial charge in [-0.1, -0.05) is 20.8 Å². The molecule has 2 atom stereocenters. The van der Waals surface area contributed by atoms with Crippen LogP contribution in [0.3, 0.4) is 0 Å². The minimum Gasteiger partial charge on any atom is -0.381 e. The molecular weight excluding hydrogens is 150 g/mol. The Morgan fingerprint density at radius 1 is 1.42 bits per heavy atom. The fourth-order valence-electron chi connectivity index (χ4n) is 1.59. The summed E-state index contributed by atoms with van der Waals surface area (Å²) in [7, 11) is 0. The lowest BCUT2D eigenvalue weighted by molar-refractivity contribution is 0.173. The first-order chi connectivity index (χ1) is 5.70. The molecule has 0 aromatic carbocycles. The van der Waals surface area contributed by atoms with E-state index in [9.17, 15) is 0 Å². The van der Waals surface area contributed by atoms with Crippen LogP contribution in [0.4, 0.5) is 0 Å². The maximum Gasteiger partial charge on any atom is 0.0498 e. The predicted octanol–water partition coefficient (Wildman–Crippen LogP) is 1.66. The van der Waals surface area contributed by atoms with Gasteiger partial charge >= 0.3 is 0 Å². The maximum absolute atomic E-state index is 5.36. The summed E-state index contributed by atoms with van der Waals surface area (Å²) >= 11 is 0. The molecule has 2 heteroatoms. The van der Waals surface area contributed by atoms with Gasteiger partial charge in [0.1, 0.15) is 0 Å². The van der Waals surface area contributed by atoms with E-state index < -0.39 is 0 Å². The van der Waals surface area contributed by atoms with E-state index >= 15 is 0 Å². The highest BCUT2D eigenvalue weighted by atomic mass is 16.5. The lowest BCUT2D eigenvalue weighted by Gasteiger charge is -2.19. The van der Waals surface area contributed by atoms with Gasteiger partial charge in [-0.2, -0.15) is 0 Å². The van der Waals surface area contributed by atoms with Crippen LogP contribution >= 0.6 is 0 Å². The standard InChI is InChI=1S/C10H21NO/c1-8(2)11-6-9(3)10-4-5-12-7-10/h8-11H,4-7H2,1-3H3. The molecule has 1 N–H and O–H groups in total. The second kappa shape index (κ2) is 4.83. The molecule has 0 aromatic rings. The number of ether oxygens (including phenoxy) is 1. The molecule has 1 aliphatic rings.